The van der Waals surface area contributed by atoms with Gasteiger partial charge in [-0.15, -0.1) is 0 Å². The number of nitrogens with zero attached hydrogens (tertiary/aromatic N) is 2. The van der Waals surface area contributed by atoms with E-state index >= 15 is 0 Å². The molecule has 0 aliphatic heterocycles. The van der Waals surface area contributed by atoms with Gasteiger partial charge in [0.05, 0.1) is 17.3 Å². The zero-order chi connectivity index (χ0) is 14.2. The summed E-state index contributed by atoms with van der Waals surface area (Å²) in [6.07, 6.45) is -3.99. The highest BCUT2D eigenvalue weighted by Crippen LogP contribution is 2.26. The summed E-state index contributed by atoms with van der Waals surface area (Å²) in [5.74, 6) is -3.01. The Balaban J connectivity index is 2.59. The fourth-order valence-corrected chi connectivity index (χ4v) is 2.09. The molecular weight excluding hydrogens is 276 g/mol. The van der Waals surface area contributed by atoms with Gasteiger partial charge in [-0.25, -0.2) is 9.59 Å². The van der Waals surface area contributed by atoms with E-state index in [4.69, 9.17) is 10.2 Å². The van der Waals surface area contributed by atoms with E-state index in [2.05, 4.69) is 8.75 Å². The molecule has 100 valence electrons. The Bertz CT molecular complexity index is 655. The number of carboxylic acid groups (broad SMARTS) is 2. The van der Waals surface area contributed by atoms with Crippen molar-refractivity contribution in [2.24, 2.45) is 0 Å². The van der Waals surface area contributed by atoms with Gasteiger partial charge in [-0.2, -0.15) is 8.75 Å². The van der Waals surface area contributed by atoms with Gasteiger partial charge < -0.3 is 20.4 Å². The van der Waals surface area contributed by atoms with Gasteiger partial charge in [-0.05, 0) is 12.1 Å². The van der Waals surface area contributed by atoms with Crippen molar-refractivity contribution in [2.45, 2.75) is 12.2 Å². The fourth-order valence-electron chi connectivity index (χ4n) is 1.58. The topological polar surface area (TPSA) is 141 Å². The van der Waals surface area contributed by atoms with Crippen molar-refractivity contribution in [1.29, 1.82) is 0 Å². The molecule has 1 aromatic carbocycles. The van der Waals surface area contributed by atoms with Crippen LogP contribution in [0.4, 0.5) is 0 Å². The maximum atomic E-state index is 11.1. The first-order chi connectivity index (χ1) is 8.91. The summed E-state index contributed by atoms with van der Waals surface area (Å²) < 4.78 is 7.71. The Labute approximate surface area is 109 Å². The third-order valence-electron chi connectivity index (χ3n) is 2.53. The fraction of sp³-hybridized carbons (Fsp3) is 0.200. The highest BCUT2D eigenvalue weighted by molar-refractivity contribution is 7.00. The van der Waals surface area contributed by atoms with Crippen LogP contribution in [0.2, 0.25) is 0 Å². The molecule has 0 bridgehead atoms. The minimum Gasteiger partial charge on any atom is -0.479 e. The molecule has 19 heavy (non-hydrogen) atoms. The zero-order valence-electron chi connectivity index (χ0n) is 9.22. The van der Waals surface area contributed by atoms with E-state index in [-0.39, 0.29) is 11.1 Å². The molecule has 0 unspecified atom stereocenters. The SMILES string of the molecule is O=C(O)c1cc2nsnc2cc1[C@@H](O)[C@H](O)C(=O)O. The Morgan fingerprint density at radius 1 is 1.11 bits per heavy atom. The third kappa shape index (κ3) is 2.38. The van der Waals surface area contributed by atoms with Crippen molar-refractivity contribution in [2.75, 3.05) is 0 Å². The molecule has 1 heterocycles. The van der Waals surface area contributed by atoms with Gasteiger partial charge in [-0.1, -0.05) is 0 Å². The molecule has 0 aliphatic rings. The monoisotopic (exact) mass is 284 g/mol. The molecule has 2 aromatic rings. The minimum absolute atomic E-state index is 0.220. The van der Waals surface area contributed by atoms with Crippen LogP contribution in [0.5, 0.6) is 0 Å². The van der Waals surface area contributed by atoms with E-state index in [1.54, 1.807) is 0 Å². The molecular formula is C10H8N2O6S. The predicted molar refractivity (Wildman–Crippen MR) is 63.0 cm³/mol. The molecule has 1 aromatic heterocycles. The molecule has 2 rings (SSSR count). The summed E-state index contributed by atoms with van der Waals surface area (Å²) in [7, 11) is 0. The van der Waals surface area contributed by atoms with Crippen molar-refractivity contribution < 1.29 is 30.0 Å². The Morgan fingerprint density at radius 3 is 2.21 bits per heavy atom. The van der Waals surface area contributed by atoms with Crippen LogP contribution in [0.25, 0.3) is 11.0 Å². The number of carboxylic acids is 2. The van der Waals surface area contributed by atoms with Crippen LogP contribution < -0.4 is 0 Å². The smallest absolute Gasteiger partial charge is 0.336 e. The number of fused-ring (bicyclic) bond motifs is 1. The molecule has 0 aliphatic carbocycles. The first-order valence-corrected chi connectivity index (χ1v) is 5.73. The molecule has 0 spiro atoms. The largest absolute Gasteiger partial charge is 0.479 e. The van der Waals surface area contributed by atoms with Crippen LogP contribution in [0.1, 0.15) is 22.0 Å². The average molecular weight is 284 g/mol. The summed E-state index contributed by atoms with van der Waals surface area (Å²) in [6, 6.07) is 2.38. The Kier molecular flexibility index (Phi) is 3.42. The van der Waals surface area contributed by atoms with Gasteiger partial charge >= 0.3 is 11.9 Å². The number of aliphatic hydroxyl groups excluding tert-OH is 2. The lowest BCUT2D eigenvalue weighted by atomic mass is 9.97. The molecule has 0 saturated carbocycles. The van der Waals surface area contributed by atoms with Crippen molar-refractivity contribution in [1.82, 2.24) is 8.75 Å². The maximum absolute atomic E-state index is 11.1. The number of hydrogen-bond acceptors (Lipinski definition) is 7. The van der Waals surface area contributed by atoms with E-state index in [0.29, 0.717) is 11.0 Å². The van der Waals surface area contributed by atoms with Crippen molar-refractivity contribution in [3.05, 3.63) is 23.3 Å². The van der Waals surface area contributed by atoms with Crippen LogP contribution in [-0.2, 0) is 4.79 Å². The normalized spacial score (nSPS) is 14.2. The van der Waals surface area contributed by atoms with Crippen LogP contribution in [0, 0.1) is 0 Å². The quantitative estimate of drug-likeness (QED) is 0.608. The molecule has 9 heteroatoms. The number of aliphatic hydroxyl groups is 2. The summed E-state index contributed by atoms with van der Waals surface area (Å²) in [5.41, 5.74) is 0.0976. The Morgan fingerprint density at radius 2 is 1.68 bits per heavy atom. The summed E-state index contributed by atoms with van der Waals surface area (Å²) in [5, 5.41) is 36.7. The van der Waals surface area contributed by atoms with Gasteiger partial charge in [0.15, 0.2) is 6.10 Å². The number of hydrogen-bond donors (Lipinski definition) is 4. The predicted octanol–water partition coefficient (Wildman–Crippen LogP) is -0.132. The van der Waals surface area contributed by atoms with Crippen LogP contribution >= 0.6 is 11.7 Å². The third-order valence-corrected chi connectivity index (χ3v) is 3.08. The first kappa shape index (κ1) is 13.3. The van der Waals surface area contributed by atoms with Gasteiger partial charge in [-0.3, -0.25) is 0 Å². The second-order valence-electron chi connectivity index (χ2n) is 3.73. The van der Waals surface area contributed by atoms with Crippen LogP contribution in [0.15, 0.2) is 12.1 Å². The van der Waals surface area contributed by atoms with E-state index in [9.17, 15) is 19.8 Å². The number of aliphatic carboxylic acids is 1. The van der Waals surface area contributed by atoms with Crippen molar-refractivity contribution >= 4 is 34.7 Å². The van der Waals surface area contributed by atoms with E-state index in [1.165, 1.54) is 12.1 Å². The molecule has 4 N–H and O–H groups in total. The second-order valence-corrected chi connectivity index (χ2v) is 4.25. The van der Waals surface area contributed by atoms with Gasteiger partial charge in [0.2, 0.25) is 0 Å². The van der Waals surface area contributed by atoms with Crippen molar-refractivity contribution in [3.8, 4) is 0 Å². The minimum atomic E-state index is -2.12. The summed E-state index contributed by atoms with van der Waals surface area (Å²) in [4.78, 5) is 21.7. The maximum Gasteiger partial charge on any atom is 0.336 e. The second kappa shape index (κ2) is 4.88. The summed E-state index contributed by atoms with van der Waals surface area (Å²) >= 11 is 0.855. The average Bonchev–Trinajstić information content (AvgIpc) is 2.82. The van der Waals surface area contributed by atoms with Crippen LogP contribution in [0.3, 0.4) is 0 Å². The number of rotatable bonds is 4. The standard InChI is InChI=1S/C10H8N2O6S/c13-7(8(14)10(17)18)3-1-5-6(12-19-11-5)2-4(3)9(15)16/h1-2,7-8,13-14H,(H,15,16)(H,17,18)/t7-,8+/m1/s1. The number of aromatic nitrogens is 2. The lowest BCUT2D eigenvalue weighted by Gasteiger charge is -2.16. The number of benzene rings is 1. The molecule has 2 atom stereocenters. The lowest BCUT2D eigenvalue weighted by Crippen LogP contribution is -2.28. The van der Waals surface area contributed by atoms with E-state index in [0.717, 1.165) is 11.7 Å². The van der Waals surface area contributed by atoms with Gasteiger partial charge in [0.25, 0.3) is 0 Å². The first-order valence-electron chi connectivity index (χ1n) is 5.00. The highest BCUT2D eigenvalue weighted by Gasteiger charge is 2.29. The highest BCUT2D eigenvalue weighted by atomic mass is 32.1. The van der Waals surface area contributed by atoms with E-state index < -0.39 is 24.1 Å². The van der Waals surface area contributed by atoms with Gasteiger partial charge in [0, 0.05) is 5.56 Å². The van der Waals surface area contributed by atoms with E-state index in [1.807, 2.05) is 0 Å². The van der Waals surface area contributed by atoms with Gasteiger partial charge in [0.1, 0.15) is 17.1 Å². The zero-order valence-corrected chi connectivity index (χ0v) is 10.0. The van der Waals surface area contributed by atoms with Crippen molar-refractivity contribution in [3.63, 3.8) is 0 Å². The number of aromatic carboxylic acids is 1. The summed E-state index contributed by atoms with van der Waals surface area (Å²) in [6.45, 7) is 0. The molecule has 0 fully saturated rings. The lowest BCUT2D eigenvalue weighted by molar-refractivity contribution is -0.153. The molecule has 0 saturated heterocycles. The number of carbonyl (C=O) groups is 2. The molecule has 0 radical (unpaired) electrons. The molecule has 8 nitrogen and oxygen atoms in total. The molecule has 0 amide bonds. The Hall–Kier alpha value is -2.10. The van der Waals surface area contributed by atoms with Crippen LogP contribution in [-0.4, -0.2) is 47.2 Å².